The largest absolute Gasteiger partial charge is 0.497 e. The molecule has 2 aromatic carbocycles. The Labute approximate surface area is 138 Å². The standard InChI is InChI=1S/C17H16BrClO2/c1-21-15-4-2-3-12(11-15)5-10-16(17(19)20)13-6-8-14(18)9-7-13/h2-4,6-9,11,16H,5,10H2,1H3. The van der Waals surface area contributed by atoms with E-state index in [1.807, 2.05) is 48.5 Å². The van der Waals surface area contributed by atoms with E-state index < -0.39 is 0 Å². The number of methoxy groups -OCH3 is 1. The molecule has 0 heterocycles. The predicted molar refractivity (Wildman–Crippen MR) is 89.1 cm³/mol. The summed E-state index contributed by atoms with van der Waals surface area (Å²) >= 11 is 9.16. The van der Waals surface area contributed by atoms with E-state index >= 15 is 0 Å². The predicted octanol–water partition coefficient (Wildman–Crippen LogP) is 4.94. The molecule has 0 aliphatic carbocycles. The summed E-state index contributed by atoms with van der Waals surface area (Å²) in [5, 5.41) is -0.319. The van der Waals surface area contributed by atoms with Crippen LogP contribution >= 0.6 is 27.5 Å². The molecule has 0 radical (unpaired) electrons. The molecule has 1 atom stereocenters. The third kappa shape index (κ3) is 4.58. The molecule has 0 amide bonds. The average Bonchev–Trinajstić information content (AvgIpc) is 2.49. The summed E-state index contributed by atoms with van der Waals surface area (Å²) in [5.74, 6) is 0.538. The van der Waals surface area contributed by atoms with Crippen LogP contribution in [-0.4, -0.2) is 12.4 Å². The van der Waals surface area contributed by atoms with Crippen LogP contribution in [0.15, 0.2) is 53.0 Å². The van der Waals surface area contributed by atoms with E-state index in [0.29, 0.717) is 6.42 Å². The lowest BCUT2D eigenvalue weighted by Crippen LogP contribution is -2.08. The van der Waals surface area contributed by atoms with Crippen molar-refractivity contribution in [3.05, 3.63) is 64.1 Å². The van der Waals surface area contributed by atoms with Gasteiger partial charge in [-0.3, -0.25) is 4.79 Å². The highest BCUT2D eigenvalue weighted by atomic mass is 79.9. The average molecular weight is 368 g/mol. The summed E-state index contributed by atoms with van der Waals surface area (Å²) in [7, 11) is 1.64. The molecule has 0 aliphatic rings. The summed E-state index contributed by atoms with van der Waals surface area (Å²) in [6.45, 7) is 0. The van der Waals surface area contributed by atoms with E-state index in [2.05, 4.69) is 15.9 Å². The van der Waals surface area contributed by atoms with Gasteiger partial charge >= 0.3 is 0 Å². The molecule has 2 nitrogen and oxygen atoms in total. The SMILES string of the molecule is COc1cccc(CCC(C(=O)Cl)c2ccc(Br)cc2)c1. The first-order valence-corrected chi connectivity index (χ1v) is 7.85. The molecular weight excluding hydrogens is 352 g/mol. The normalized spacial score (nSPS) is 12.0. The Kier molecular flexibility index (Phi) is 5.83. The van der Waals surface area contributed by atoms with Gasteiger partial charge in [-0.2, -0.15) is 0 Å². The highest BCUT2D eigenvalue weighted by Gasteiger charge is 2.18. The van der Waals surface area contributed by atoms with Crippen LogP contribution < -0.4 is 4.74 Å². The van der Waals surface area contributed by atoms with Crippen molar-refractivity contribution in [2.24, 2.45) is 0 Å². The number of carbonyl (C=O) groups excluding carboxylic acids is 1. The van der Waals surface area contributed by atoms with Crippen LogP contribution in [0.4, 0.5) is 0 Å². The number of aryl methyl sites for hydroxylation is 1. The Bertz CT molecular complexity index is 610. The monoisotopic (exact) mass is 366 g/mol. The molecule has 0 saturated carbocycles. The van der Waals surface area contributed by atoms with Gasteiger partial charge in [0.05, 0.1) is 13.0 Å². The van der Waals surface area contributed by atoms with Crippen molar-refractivity contribution < 1.29 is 9.53 Å². The van der Waals surface area contributed by atoms with Gasteiger partial charge in [0.15, 0.2) is 0 Å². The molecule has 0 N–H and O–H groups in total. The topological polar surface area (TPSA) is 26.3 Å². The molecule has 0 aliphatic heterocycles. The summed E-state index contributed by atoms with van der Waals surface area (Å²) in [4.78, 5) is 11.7. The zero-order valence-corrected chi connectivity index (χ0v) is 14.0. The van der Waals surface area contributed by atoms with Crippen molar-refractivity contribution in [2.75, 3.05) is 7.11 Å². The third-order valence-electron chi connectivity index (χ3n) is 3.40. The molecule has 0 spiro atoms. The molecule has 0 bridgehead atoms. The molecule has 0 aromatic heterocycles. The Hall–Kier alpha value is -1.32. The maximum Gasteiger partial charge on any atom is 0.229 e. The second-order valence-corrected chi connectivity index (χ2v) is 6.09. The number of benzene rings is 2. The van der Waals surface area contributed by atoms with E-state index in [1.165, 1.54) is 0 Å². The first-order valence-electron chi connectivity index (χ1n) is 6.68. The van der Waals surface area contributed by atoms with Crippen LogP contribution in [0.25, 0.3) is 0 Å². The molecule has 21 heavy (non-hydrogen) atoms. The van der Waals surface area contributed by atoms with Crippen LogP contribution in [0.1, 0.15) is 23.5 Å². The van der Waals surface area contributed by atoms with E-state index in [4.69, 9.17) is 16.3 Å². The van der Waals surface area contributed by atoms with Gasteiger partial charge in [0.1, 0.15) is 5.75 Å². The van der Waals surface area contributed by atoms with Crippen LogP contribution in [0.5, 0.6) is 5.75 Å². The molecule has 1 unspecified atom stereocenters. The fourth-order valence-electron chi connectivity index (χ4n) is 2.25. The van der Waals surface area contributed by atoms with E-state index in [-0.39, 0.29) is 11.2 Å². The van der Waals surface area contributed by atoms with Gasteiger partial charge < -0.3 is 4.74 Å². The van der Waals surface area contributed by atoms with Gasteiger partial charge in [-0.05, 0) is 59.8 Å². The minimum Gasteiger partial charge on any atom is -0.497 e. The van der Waals surface area contributed by atoms with Gasteiger partial charge in [0.2, 0.25) is 5.24 Å². The van der Waals surface area contributed by atoms with Crippen LogP contribution in [-0.2, 0) is 11.2 Å². The first kappa shape index (κ1) is 16.1. The summed E-state index contributed by atoms with van der Waals surface area (Å²) in [5.41, 5.74) is 2.08. The van der Waals surface area contributed by atoms with Crippen molar-refractivity contribution in [3.8, 4) is 5.75 Å². The Morgan fingerprint density at radius 3 is 2.57 bits per heavy atom. The van der Waals surface area contributed by atoms with Crippen LogP contribution in [0.2, 0.25) is 0 Å². The molecule has 0 saturated heterocycles. The van der Waals surface area contributed by atoms with E-state index in [0.717, 1.165) is 27.8 Å². The number of rotatable bonds is 6. The maximum atomic E-state index is 11.7. The molecule has 2 rings (SSSR count). The lowest BCUT2D eigenvalue weighted by atomic mass is 9.93. The van der Waals surface area contributed by atoms with Crippen LogP contribution in [0.3, 0.4) is 0 Å². The number of halogens is 2. The van der Waals surface area contributed by atoms with Crippen LogP contribution in [0, 0.1) is 0 Å². The number of ether oxygens (including phenoxy) is 1. The summed E-state index contributed by atoms with van der Waals surface area (Å²) < 4.78 is 6.19. The zero-order valence-electron chi connectivity index (χ0n) is 11.7. The quantitative estimate of drug-likeness (QED) is 0.676. The number of carbonyl (C=O) groups is 1. The minimum absolute atomic E-state index is 0.286. The third-order valence-corrected chi connectivity index (χ3v) is 4.19. The molecular formula is C17H16BrClO2. The molecule has 0 fully saturated rings. The zero-order chi connectivity index (χ0) is 15.2. The summed E-state index contributed by atoms with van der Waals surface area (Å²) in [6.07, 6.45) is 1.45. The lowest BCUT2D eigenvalue weighted by Gasteiger charge is -2.13. The van der Waals surface area contributed by atoms with E-state index in [1.54, 1.807) is 7.11 Å². The smallest absolute Gasteiger partial charge is 0.229 e. The van der Waals surface area contributed by atoms with Gasteiger partial charge in [-0.1, -0.05) is 40.2 Å². The first-order chi connectivity index (χ1) is 10.1. The molecule has 110 valence electrons. The Morgan fingerprint density at radius 1 is 1.24 bits per heavy atom. The summed E-state index contributed by atoms with van der Waals surface area (Å²) in [6, 6.07) is 15.6. The second kappa shape index (κ2) is 7.62. The van der Waals surface area contributed by atoms with Gasteiger partial charge in [-0.25, -0.2) is 0 Å². The lowest BCUT2D eigenvalue weighted by molar-refractivity contribution is -0.113. The van der Waals surface area contributed by atoms with Gasteiger partial charge in [0.25, 0.3) is 0 Å². The van der Waals surface area contributed by atoms with Crippen molar-refractivity contribution >= 4 is 32.8 Å². The second-order valence-electron chi connectivity index (χ2n) is 4.80. The molecule has 2 aromatic rings. The highest BCUT2D eigenvalue weighted by molar-refractivity contribution is 9.10. The minimum atomic E-state index is -0.319. The van der Waals surface area contributed by atoms with Gasteiger partial charge in [0, 0.05) is 4.47 Å². The Balaban J connectivity index is 2.10. The van der Waals surface area contributed by atoms with Crippen molar-refractivity contribution in [2.45, 2.75) is 18.8 Å². The van der Waals surface area contributed by atoms with Crippen molar-refractivity contribution in [1.82, 2.24) is 0 Å². The Morgan fingerprint density at radius 2 is 1.95 bits per heavy atom. The van der Waals surface area contributed by atoms with Gasteiger partial charge in [-0.15, -0.1) is 0 Å². The fourth-order valence-corrected chi connectivity index (χ4v) is 2.74. The number of hydrogen-bond donors (Lipinski definition) is 0. The maximum absolute atomic E-state index is 11.7. The van der Waals surface area contributed by atoms with Crippen molar-refractivity contribution in [1.29, 1.82) is 0 Å². The highest BCUT2D eigenvalue weighted by Crippen LogP contribution is 2.26. The fraction of sp³-hybridized carbons (Fsp3) is 0.235. The van der Waals surface area contributed by atoms with Crippen molar-refractivity contribution in [3.63, 3.8) is 0 Å². The molecule has 4 heteroatoms. The van der Waals surface area contributed by atoms with E-state index in [9.17, 15) is 4.79 Å². The number of hydrogen-bond acceptors (Lipinski definition) is 2.